The average Bonchev–Trinajstić information content (AvgIpc) is 2.76. The molecule has 1 aliphatic heterocycles. The number of nitrogens with one attached hydrogen (secondary N) is 1. The molecule has 1 aliphatic rings. The van der Waals surface area contributed by atoms with Crippen LogP contribution in [0.2, 0.25) is 0 Å². The number of rotatable bonds is 4. The summed E-state index contributed by atoms with van der Waals surface area (Å²) in [6.07, 6.45) is 0.793. The molecule has 2 atom stereocenters. The van der Waals surface area contributed by atoms with E-state index in [1.54, 1.807) is 25.1 Å². The van der Waals surface area contributed by atoms with E-state index in [9.17, 15) is 13.2 Å². The maximum absolute atomic E-state index is 12.9. The van der Waals surface area contributed by atoms with Gasteiger partial charge < -0.3 is 5.32 Å². The van der Waals surface area contributed by atoms with Gasteiger partial charge in [-0.2, -0.15) is 0 Å². The molecule has 0 spiro atoms. The zero-order valence-electron chi connectivity index (χ0n) is 13.4. The number of benzene rings is 2. The Morgan fingerprint density at radius 1 is 1.17 bits per heavy atom. The largest absolute Gasteiger partial charge is 0.352 e. The van der Waals surface area contributed by atoms with E-state index in [1.165, 1.54) is 4.31 Å². The topological polar surface area (TPSA) is 66.5 Å². The predicted molar refractivity (Wildman–Crippen MR) is 91.0 cm³/mol. The van der Waals surface area contributed by atoms with Crippen molar-refractivity contribution in [2.45, 2.75) is 44.2 Å². The van der Waals surface area contributed by atoms with Crippen molar-refractivity contribution in [2.75, 3.05) is 4.31 Å². The quantitative estimate of drug-likeness (QED) is 0.936. The minimum atomic E-state index is -3.71. The number of hydrogen-bond acceptors (Lipinski definition) is 3. The molecule has 5 nitrogen and oxygen atoms in total. The second kappa shape index (κ2) is 5.53. The Morgan fingerprint density at radius 2 is 1.83 bits per heavy atom. The van der Waals surface area contributed by atoms with E-state index in [2.05, 4.69) is 5.32 Å². The van der Waals surface area contributed by atoms with Crippen LogP contribution in [-0.4, -0.2) is 26.4 Å². The van der Waals surface area contributed by atoms with Crippen LogP contribution >= 0.6 is 0 Å². The van der Waals surface area contributed by atoms with Crippen molar-refractivity contribution in [3.63, 3.8) is 0 Å². The Bertz CT molecular complexity index is 871. The lowest BCUT2D eigenvalue weighted by Gasteiger charge is -2.26. The third-order valence-electron chi connectivity index (χ3n) is 4.35. The van der Waals surface area contributed by atoms with Crippen molar-refractivity contribution >= 4 is 32.4 Å². The van der Waals surface area contributed by atoms with E-state index in [-0.39, 0.29) is 16.8 Å². The zero-order chi connectivity index (χ0) is 16.8. The van der Waals surface area contributed by atoms with Crippen molar-refractivity contribution in [3.8, 4) is 0 Å². The number of hydrogen-bond donors (Lipinski definition) is 1. The average molecular weight is 332 g/mol. The summed E-state index contributed by atoms with van der Waals surface area (Å²) in [5.41, 5.74) is 0.574. The second-order valence-corrected chi connectivity index (χ2v) is 7.71. The summed E-state index contributed by atoms with van der Waals surface area (Å²) in [5.74, 6) is -0.285. The first-order chi connectivity index (χ1) is 10.9. The first-order valence-electron chi connectivity index (χ1n) is 7.74. The van der Waals surface area contributed by atoms with Gasteiger partial charge in [0.15, 0.2) is 0 Å². The molecule has 1 amide bonds. The second-order valence-electron chi connectivity index (χ2n) is 5.93. The third-order valence-corrected chi connectivity index (χ3v) is 6.28. The van der Waals surface area contributed by atoms with Gasteiger partial charge in [-0.05, 0) is 37.8 Å². The molecule has 0 saturated heterocycles. The molecule has 1 heterocycles. The third kappa shape index (κ3) is 2.37. The summed E-state index contributed by atoms with van der Waals surface area (Å²) in [5, 5.41) is 4.41. The fraction of sp³-hybridized carbons (Fsp3) is 0.353. The molecule has 2 aromatic rings. The molecule has 0 saturated carbocycles. The predicted octanol–water partition coefficient (Wildman–Crippen LogP) is 2.65. The maximum Gasteiger partial charge on any atom is 0.265 e. The number of amides is 1. The summed E-state index contributed by atoms with van der Waals surface area (Å²) in [6.45, 7) is 5.50. The highest BCUT2D eigenvalue weighted by Crippen LogP contribution is 2.43. The lowest BCUT2D eigenvalue weighted by Crippen LogP contribution is -2.48. The number of anilines is 1. The molecule has 6 heteroatoms. The zero-order valence-corrected chi connectivity index (χ0v) is 14.2. The number of carbonyl (C=O) groups is 1. The summed E-state index contributed by atoms with van der Waals surface area (Å²) < 4.78 is 27.1. The molecule has 0 radical (unpaired) electrons. The highest BCUT2D eigenvalue weighted by atomic mass is 32.2. The van der Waals surface area contributed by atoms with Crippen LogP contribution in [0.25, 0.3) is 10.8 Å². The molecule has 0 aliphatic carbocycles. The fourth-order valence-corrected chi connectivity index (χ4v) is 4.78. The Morgan fingerprint density at radius 3 is 2.48 bits per heavy atom. The van der Waals surface area contributed by atoms with E-state index in [1.807, 2.05) is 32.0 Å². The highest BCUT2D eigenvalue weighted by Gasteiger charge is 2.40. The number of nitrogens with zero attached hydrogens (tertiary/aromatic N) is 1. The van der Waals surface area contributed by atoms with Gasteiger partial charge in [0.1, 0.15) is 6.04 Å². The van der Waals surface area contributed by atoms with Crippen LogP contribution in [0.5, 0.6) is 0 Å². The van der Waals surface area contributed by atoms with E-state index in [0.717, 1.165) is 11.8 Å². The molecule has 0 bridgehead atoms. The van der Waals surface area contributed by atoms with E-state index >= 15 is 0 Å². The molecule has 2 aromatic carbocycles. The van der Waals surface area contributed by atoms with Gasteiger partial charge in [0.2, 0.25) is 5.91 Å². The lowest BCUT2D eigenvalue weighted by molar-refractivity contribution is -0.122. The monoisotopic (exact) mass is 332 g/mol. The van der Waals surface area contributed by atoms with Crippen LogP contribution in [-0.2, 0) is 14.8 Å². The summed E-state index contributed by atoms with van der Waals surface area (Å²) in [7, 11) is -3.71. The van der Waals surface area contributed by atoms with Crippen LogP contribution in [0.4, 0.5) is 5.69 Å². The van der Waals surface area contributed by atoms with E-state index in [4.69, 9.17) is 0 Å². The van der Waals surface area contributed by atoms with Crippen LogP contribution in [0.1, 0.15) is 27.2 Å². The van der Waals surface area contributed by atoms with Gasteiger partial charge in [-0.3, -0.25) is 9.10 Å². The van der Waals surface area contributed by atoms with Gasteiger partial charge in [0.25, 0.3) is 10.0 Å². The minimum absolute atomic E-state index is 0.00780. The maximum atomic E-state index is 12.9. The smallest absolute Gasteiger partial charge is 0.265 e. The highest BCUT2D eigenvalue weighted by molar-refractivity contribution is 7.93. The van der Waals surface area contributed by atoms with Crippen molar-refractivity contribution in [1.29, 1.82) is 0 Å². The minimum Gasteiger partial charge on any atom is -0.352 e. The van der Waals surface area contributed by atoms with Gasteiger partial charge in [-0.25, -0.2) is 8.42 Å². The molecule has 3 rings (SSSR count). The first-order valence-corrected chi connectivity index (χ1v) is 9.18. The van der Waals surface area contributed by atoms with Crippen molar-refractivity contribution < 1.29 is 13.2 Å². The molecular weight excluding hydrogens is 312 g/mol. The summed E-state index contributed by atoms with van der Waals surface area (Å²) in [4.78, 5) is 12.7. The van der Waals surface area contributed by atoms with E-state index < -0.39 is 16.1 Å². The molecule has 0 fully saturated rings. The molecular formula is C17H20N2O3S. The van der Waals surface area contributed by atoms with Crippen LogP contribution in [0.15, 0.2) is 41.3 Å². The Kier molecular flexibility index (Phi) is 3.80. The van der Waals surface area contributed by atoms with Crippen LogP contribution < -0.4 is 9.62 Å². The SMILES string of the molecule is CC[C@H](C)NC(=O)[C@@H](C)N1c2cccc3cccc(c23)S1(=O)=O. The van der Waals surface area contributed by atoms with Gasteiger partial charge in [-0.1, -0.05) is 31.2 Å². The molecule has 0 unspecified atom stereocenters. The summed E-state index contributed by atoms with van der Waals surface area (Å²) in [6, 6.07) is 9.86. The fourth-order valence-electron chi connectivity index (χ4n) is 2.91. The molecule has 0 aromatic heterocycles. The first kappa shape index (κ1) is 15.8. The van der Waals surface area contributed by atoms with Gasteiger partial charge >= 0.3 is 0 Å². The number of sulfonamides is 1. The molecule has 122 valence electrons. The summed E-state index contributed by atoms with van der Waals surface area (Å²) >= 11 is 0. The van der Waals surface area contributed by atoms with Gasteiger partial charge in [0.05, 0.1) is 10.6 Å². The Labute approximate surface area is 136 Å². The van der Waals surface area contributed by atoms with Crippen molar-refractivity contribution in [2.24, 2.45) is 0 Å². The van der Waals surface area contributed by atoms with E-state index in [0.29, 0.717) is 11.1 Å². The Balaban J connectivity index is 2.08. The standard InChI is InChI=1S/C17H20N2O3S/c1-4-11(2)18-17(20)12(3)19-14-9-5-7-13-8-6-10-15(16(13)14)23(19,21)22/h5-12H,4H2,1-3H3,(H,18,20)/t11-,12+/m0/s1. The van der Waals surface area contributed by atoms with Gasteiger partial charge in [0, 0.05) is 11.4 Å². The normalized spacial score (nSPS) is 18.0. The number of carbonyl (C=O) groups excluding carboxylic acids is 1. The van der Waals surface area contributed by atoms with Crippen molar-refractivity contribution in [3.05, 3.63) is 36.4 Å². The Hall–Kier alpha value is -2.08. The molecule has 1 N–H and O–H groups in total. The van der Waals surface area contributed by atoms with Crippen LogP contribution in [0.3, 0.4) is 0 Å². The molecule has 23 heavy (non-hydrogen) atoms. The van der Waals surface area contributed by atoms with Crippen molar-refractivity contribution in [1.82, 2.24) is 5.32 Å². The van der Waals surface area contributed by atoms with Gasteiger partial charge in [-0.15, -0.1) is 0 Å². The van der Waals surface area contributed by atoms with Crippen LogP contribution in [0, 0.1) is 0 Å². The lowest BCUT2D eigenvalue weighted by atomic mass is 10.1.